The molecule has 3 heterocycles. The minimum Gasteiger partial charge on any atom is -0.361 e. The van der Waals surface area contributed by atoms with Crippen molar-refractivity contribution in [1.29, 1.82) is 0 Å². The zero-order valence-electron chi connectivity index (χ0n) is 36.2. The summed E-state index contributed by atoms with van der Waals surface area (Å²) >= 11 is 8.46. The second kappa shape index (κ2) is 22.9. The average Bonchev–Trinajstić information content (AvgIpc) is 3.70. The van der Waals surface area contributed by atoms with Crippen molar-refractivity contribution in [2.45, 2.75) is 79.7 Å². The van der Waals surface area contributed by atoms with Gasteiger partial charge in [-0.3, -0.25) is 19.2 Å². The number of carbonyl (C=O) groups is 4. The molecule has 0 spiro atoms. The summed E-state index contributed by atoms with van der Waals surface area (Å²) in [6.07, 6.45) is 6.38. The maximum Gasteiger partial charge on any atom is 0.251 e. The van der Waals surface area contributed by atoms with E-state index in [1.165, 1.54) is 16.7 Å². The van der Waals surface area contributed by atoms with E-state index in [0.717, 1.165) is 38.7 Å². The Kier molecular flexibility index (Phi) is 17.1. The van der Waals surface area contributed by atoms with Crippen LogP contribution in [0.2, 0.25) is 5.02 Å². The first kappa shape index (κ1) is 47.2. The number of nitrogens with two attached hydrogens (primary N) is 2. The Hall–Kier alpha value is -5.29. The smallest absolute Gasteiger partial charge is 0.251 e. The molecule has 1 aliphatic rings. The molecule has 4 amide bonds. The second-order valence-electron chi connectivity index (χ2n) is 16.1. The van der Waals surface area contributed by atoms with Crippen molar-refractivity contribution in [3.05, 3.63) is 112 Å². The number of rotatable bonds is 14. The van der Waals surface area contributed by atoms with E-state index < -0.39 is 18.1 Å². The van der Waals surface area contributed by atoms with Crippen molar-refractivity contribution < 1.29 is 19.2 Å². The van der Waals surface area contributed by atoms with Gasteiger partial charge in [0.25, 0.3) is 5.91 Å². The normalized spacial score (nSPS) is 17.8. The van der Waals surface area contributed by atoms with Gasteiger partial charge < -0.3 is 47.5 Å². The van der Waals surface area contributed by atoms with Gasteiger partial charge in [0.2, 0.25) is 17.7 Å². The van der Waals surface area contributed by atoms with Crippen molar-refractivity contribution >= 4 is 57.9 Å². The van der Waals surface area contributed by atoms with Crippen LogP contribution in [-0.2, 0) is 33.9 Å². The Bertz CT molecular complexity index is 2360. The molecule has 3 aromatic carbocycles. The molecule has 0 fully saturated rings. The lowest BCUT2D eigenvalue weighted by molar-refractivity contribution is -0.142. The maximum absolute atomic E-state index is 14.8. The van der Waals surface area contributed by atoms with Gasteiger partial charge in [0.05, 0.1) is 11.1 Å². The molecular weight excluding hydrogens is 836 g/mol. The summed E-state index contributed by atoms with van der Waals surface area (Å²) in [4.78, 5) is 68.9. The molecule has 334 valence electrons. The summed E-state index contributed by atoms with van der Waals surface area (Å²) in [6.45, 7) is 2.39. The SMILES string of the molecule is CN(C)CCNC(=O)c1ccc(-c2ccc(Cl)c3c2CNC(=O)[C@H](Cc2c[nH]c4ccccc24)N(C)C(=O)[C@H](CCCCN)NC(=O)[C@H](CCCN)NCc2cccnc2S3)cc1. The van der Waals surface area contributed by atoms with Crippen LogP contribution in [0.4, 0.5) is 0 Å². The average molecular weight is 896 g/mol. The quantitative estimate of drug-likeness (QED) is 0.0757. The number of aromatic amines is 1. The van der Waals surface area contributed by atoms with Gasteiger partial charge in [0.1, 0.15) is 17.1 Å². The predicted octanol–water partition coefficient (Wildman–Crippen LogP) is 4.84. The van der Waals surface area contributed by atoms with E-state index in [4.69, 9.17) is 28.1 Å². The highest BCUT2D eigenvalue weighted by molar-refractivity contribution is 7.99. The number of halogens is 1. The van der Waals surface area contributed by atoms with E-state index >= 15 is 0 Å². The third kappa shape index (κ3) is 12.3. The number of fused-ring (bicyclic) bond motifs is 3. The van der Waals surface area contributed by atoms with Crippen LogP contribution in [0, 0.1) is 0 Å². The van der Waals surface area contributed by atoms with Crippen LogP contribution in [-0.4, -0.2) is 109 Å². The van der Waals surface area contributed by atoms with Crippen molar-refractivity contribution in [2.24, 2.45) is 11.5 Å². The molecule has 9 N–H and O–H groups in total. The second-order valence-corrected chi connectivity index (χ2v) is 17.5. The molecule has 1 aliphatic heterocycles. The van der Waals surface area contributed by atoms with E-state index in [9.17, 15) is 19.2 Å². The third-order valence-electron chi connectivity index (χ3n) is 11.3. The predicted molar refractivity (Wildman–Crippen MR) is 250 cm³/mol. The Morgan fingerprint density at radius 1 is 0.921 bits per heavy atom. The van der Waals surface area contributed by atoms with Crippen LogP contribution < -0.4 is 32.7 Å². The summed E-state index contributed by atoms with van der Waals surface area (Å²) in [5.41, 5.74) is 17.3. The van der Waals surface area contributed by atoms with Gasteiger partial charge in [0.15, 0.2) is 0 Å². The summed E-state index contributed by atoms with van der Waals surface area (Å²) in [7, 11) is 5.52. The van der Waals surface area contributed by atoms with E-state index in [-0.39, 0.29) is 36.6 Å². The summed E-state index contributed by atoms with van der Waals surface area (Å²) < 4.78 is 0. The highest BCUT2D eigenvalue weighted by Crippen LogP contribution is 2.41. The first-order valence-electron chi connectivity index (χ1n) is 21.5. The number of H-pyrrole nitrogens is 1. The molecule has 5 aromatic rings. The fourth-order valence-corrected chi connectivity index (χ4v) is 9.05. The number of carbonyl (C=O) groups excluding carboxylic acids is 4. The van der Waals surface area contributed by atoms with Crippen LogP contribution in [0.1, 0.15) is 59.2 Å². The van der Waals surface area contributed by atoms with Crippen LogP contribution in [0.25, 0.3) is 22.0 Å². The van der Waals surface area contributed by atoms with Gasteiger partial charge in [-0.1, -0.05) is 65.8 Å². The van der Waals surface area contributed by atoms with Crippen LogP contribution >= 0.6 is 23.4 Å². The number of para-hydroxylation sites is 1. The van der Waals surface area contributed by atoms with Crippen molar-refractivity contribution in [1.82, 2.24) is 41.0 Å². The fourth-order valence-electron chi connectivity index (χ4n) is 7.71. The van der Waals surface area contributed by atoms with Crippen molar-refractivity contribution in [3.8, 4) is 11.1 Å². The molecule has 0 radical (unpaired) electrons. The molecule has 14 nitrogen and oxygen atoms in total. The Morgan fingerprint density at radius 2 is 1.68 bits per heavy atom. The van der Waals surface area contributed by atoms with Crippen molar-refractivity contribution in [2.75, 3.05) is 47.3 Å². The Labute approximate surface area is 378 Å². The topological polar surface area (TPSA) is 204 Å². The minimum atomic E-state index is -0.973. The molecular formula is C47H59ClN10O4S. The zero-order valence-corrected chi connectivity index (χ0v) is 37.8. The molecule has 0 bridgehead atoms. The Balaban J connectivity index is 1.44. The van der Waals surface area contributed by atoms with Gasteiger partial charge in [-0.25, -0.2) is 4.98 Å². The number of likely N-dealkylation sites (N-methyl/N-ethyl adjacent to an activating group) is 2. The fraction of sp³-hybridized carbons (Fsp3) is 0.383. The molecule has 2 aromatic heterocycles. The largest absolute Gasteiger partial charge is 0.361 e. The first-order valence-corrected chi connectivity index (χ1v) is 22.7. The van der Waals surface area contributed by atoms with Gasteiger partial charge in [-0.15, -0.1) is 0 Å². The molecule has 16 heteroatoms. The standard InChI is InChI=1S/C47H59ClN10O4S/c1-57(2)25-24-51-43(59)31-17-15-30(16-18-31)34-19-20-37(48)42-36(34)29-55-45(61)41(26-33-28-53-38-12-5-4-11-35(33)38)58(3)47(62)40(13-6-7-21-49)56-44(60)39(14-8-22-50)54-27-32-10-9-23-52-46(32)63-42/h4-5,9-12,15-20,23,28,39-41,53-54H,6-8,13-14,21-22,24-27,29,49-50H2,1-3H3,(H,51,59)(H,55,61)(H,56,60)/t39-,40-,41-/m0/s1. The number of hydrogen-bond acceptors (Lipinski definition) is 10. The molecule has 0 saturated heterocycles. The van der Waals surface area contributed by atoms with Crippen LogP contribution in [0.3, 0.4) is 0 Å². The van der Waals surface area contributed by atoms with E-state index in [2.05, 4.69) is 26.3 Å². The summed E-state index contributed by atoms with van der Waals surface area (Å²) in [5, 5.41) is 14.7. The maximum atomic E-state index is 14.8. The molecule has 0 aliphatic carbocycles. The highest BCUT2D eigenvalue weighted by Gasteiger charge is 2.34. The van der Waals surface area contributed by atoms with Gasteiger partial charge in [0, 0.05) is 73.4 Å². The summed E-state index contributed by atoms with van der Waals surface area (Å²) in [6, 6.07) is 20.1. The third-order valence-corrected chi connectivity index (χ3v) is 13.0. The van der Waals surface area contributed by atoms with Gasteiger partial charge in [-0.05, 0) is 117 Å². The number of nitrogens with zero attached hydrogens (tertiary/aromatic N) is 3. The molecule has 3 atom stereocenters. The lowest BCUT2D eigenvalue weighted by atomic mass is 9.97. The van der Waals surface area contributed by atoms with Gasteiger partial charge in [-0.2, -0.15) is 0 Å². The molecule has 0 saturated carbocycles. The van der Waals surface area contributed by atoms with E-state index in [0.29, 0.717) is 85.3 Å². The molecule has 6 rings (SSSR count). The van der Waals surface area contributed by atoms with E-state index in [1.54, 1.807) is 25.4 Å². The van der Waals surface area contributed by atoms with Crippen LogP contribution in [0.15, 0.2) is 95.1 Å². The highest BCUT2D eigenvalue weighted by atomic mass is 35.5. The molecule has 0 unspecified atom stereocenters. The molecule has 63 heavy (non-hydrogen) atoms. The van der Waals surface area contributed by atoms with Crippen LogP contribution in [0.5, 0.6) is 0 Å². The number of benzene rings is 3. The van der Waals surface area contributed by atoms with Gasteiger partial charge >= 0.3 is 0 Å². The monoisotopic (exact) mass is 894 g/mol. The number of aromatic nitrogens is 2. The first-order chi connectivity index (χ1) is 30.5. The van der Waals surface area contributed by atoms with E-state index in [1.807, 2.05) is 85.9 Å². The summed E-state index contributed by atoms with van der Waals surface area (Å²) in [5.74, 6) is -1.28. The minimum absolute atomic E-state index is 0.0501. The number of nitrogens with one attached hydrogen (secondary N) is 5. The Morgan fingerprint density at radius 3 is 2.44 bits per heavy atom. The number of unbranched alkanes of at least 4 members (excludes halogenated alkanes) is 1. The number of pyridine rings is 1. The number of amides is 4. The lowest BCUT2D eigenvalue weighted by Gasteiger charge is -2.32. The lowest BCUT2D eigenvalue weighted by Crippen LogP contribution is -2.57. The number of hydrogen-bond donors (Lipinski definition) is 7. The van der Waals surface area contributed by atoms with Crippen molar-refractivity contribution in [3.63, 3.8) is 0 Å². The zero-order chi connectivity index (χ0) is 44.9.